The molecule has 1 aliphatic carbocycles. The quantitative estimate of drug-likeness (QED) is 0.878. The smallest absolute Gasteiger partial charge is 0.123 e. The van der Waals surface area contributed by atoms with Gasteiger partial charge in [0.05, 0.1) is 12.7 Å². The average Bonchev–Trinajstić information content (AvgIpc) is 2.33. The monoisotopic (exact) mass is 243 g/mol. The Bertz CT molecular complexity index is 291. The number of nitrogens with zero attached hydrogens (tertiary/aromatic N) is 2. The van der Waals surface area contributed by atoms with Crippen molar-refractivity contribution in [3.05, 3.63) is 16.6 Å². The van der Waals surface area contributed by atoms with E-state index < -0.39 is 0 Å². The Labute approximate surface area is 86.7 Å². The second kappa shape index (κ2) is 3.80. The van der Waals surface area contributed by atoms with Crippen LogP contribution < -0.4 is 5.32 Å². The number of imidazole rings is 1. The summed E-state index contributed by atoms with van der Waals surface area (Å²) in [6.45, 7) is 0.882. The van der Waals surface area contributed by atoms with Crippen molar-refractivity contribution in [1.82, 2.24) is 14.9 Å². The molecule has 0 aromatic carbocycles. The van der Waals surface area contributed by atoms with Gasteiger partial charge in [0.15, 0.2) is 0 Å². The zero-order valence-electron chi connectivity index (χ0n) is 7.76. The molecule has 1 heterocycles. The van der Waals surface area contributed by atoms with Gasteiger partial charge in [-0.1, -0.05) is 6.42 Å². The van der Waals surface area contributed by atoms with Crippen molar-refractivity contribution in [2.75, 3.05) is 0 Å². The van der Waals surface area contributed by atoms with E-state index in [1.165, 1.54) is 19.3 Å². The van der Waals surface area contributed by atoms with Crippen LogP contribution in [0.5, 0.6) is 0 Å². The first-order valence-electron chi connectivity index (χ1n) is 4.67. The average molecular weight is 244 g/mol. The molecule has 1 aliphatic rings. The highest BCUT2D eigenvalue weighted by atomic mass is 79.9. The van der Waals surface area contributed by atoms with Crippen LogP contribution in [0.25, 0.3) is 0 Å². The molecule has 1 fully saturated rings. The second-order valence-electron chi connectivity index (χ2n) is 3.56. The lowest BCUT2D eigenvalue weighted by Gasteiger charge is -2.26. The molecule has 72 valence electrons. The number of halogens is 1. The van der Waals surface area contributed by atoms with Crippen molar-refractivity contribution in [1.29, 1.82) is 0 Å². The summed E-state index contributed by atoms with van der Waals surface area (Å²) in [7, 11) is 2.02. The predicted molar refractivity (Wildman–Crippen MR) is 55.4 cm³/mol. The maximum atomic E-state index is 4.30. The van der Waals surface area contributed by atoms with Crippen LogP contribution in [0, 0.1) is 0 Å². The van der Waals surface area contributed by atoms with E-state index in [0.29, 0.717) is 0 Å². The van der Waals surface area contributed by atoms with Crippen molar-refractivity contribution in [3.63, 3.8) is 0 Å². The fraction of sp³-hybridized carbons (Fsp3) is 0.667. The Morgan fingerprint density at radius 3 is 2.92 bits per heavy atom. The molecule has 1 N–H and O–H groups in total. The lowest BCUT2D eigenvalue weighted by molar-refractivity contribution is 0.334. The first kappa shape index (κ1) is 9.21. The van der Waals surface area contributed by atoms with E-state index in [4.69, 9.17) is 0 Å². The molecule has 1 aromatic rings. The molecule has 0 aliphatic heterocycles. The van der Waals surface area contributed by atoms with Crippen LogP contribution in [0.4, 0.5) is 0 Å². The Morgan fingerprint density at radius 1 is 1.69 bits per heavy atom. The molecule has 0 amide bonds. The van der Waals surface area contributed by atoms with Crippen LogP contribution in [0.1, 0.15) is 25.1 Å². The SMILES string of the molecule is Cn1c(Br)cnc1CNC1CCC1. The highest BCUT2D eigenvalue weighted by Gasteiger charge is 2.16. The van der Waals surface area contributed by atoms with E-state index >= 15 is 0 Å². The number of nitrogens with one attached hydrogen (secondary N) is 1. The predicted octanol–water partition coefficient (Wildman–Crippen LogP) is 1.82. The molecule has 0 saturated heterocycles. The van der Waals surface area contributed by atoms with Gasteiger partial charge in [0.2, 0.25) is 0 Å². The summed E-state index contributed by atoms with van der Waals surface area (Å²) >= 11 is 3.43. The molecule has 0 bridgehead atoms. The number of aromatic nitrogens is 2. The molecule has 13 heavy (non-hydrogen) atoms. The summed E-state index contributed by atoms with van der Waals surface area (Å²) < 4.78 is 3.10. The molecule has 0 radical (unpaired) electrons. The normalized spacial score (nSPS) is 17.4. The summed E-state index contributed by atoms with van der Waals surface area (Å²) in [5, 5.41) is 3.49. The Balaban J connectivity index is 1.89. The summed E-state index contributed by atoms with van der Waals surface area (Å²) in [6, 6.07) is 0.732. The third kappa shape index (κ3) is 1.94. The van der Waals surface area contributed by atoms with Gasteiger partial charge in [-0.3, -0.25) is 0 Å². The summed E-state index contributed by atoms with van der Waals surface area (Å²) in [4.78, 5) is 4.30. The molecular formula is C9H14BrN3. The van der Waals surface area contributed by atoms with Gasteiger partial charge < -0.3 is 9.88 Å². The van der Waals surface area contributed by atoms with Gasteiger partial charge in [0.1, 0.15) is 10.4 Å². The van der Waals surface area contributed by atoms with Gasteiger partial charge in [-0.25, -0.2) is 4.98 Å². The molecule has 0 spiro atoms. The summed E-state index contributed by atoms with van der Waals surface area (Å²) in [5.41, 5.74) is 0. The molecule has 1 saturated carbocycles. The maximum Gasteiger partial charge on any atom is 0.123 e. The van der Waals surface area contributed by atoms with E-state index in [1.54, 1.807) is 0 Å². The Morgan fingerprint density at radius 2 is 2.46 bits per heavy atom. The van der Waals surface area contributed by atoms with E-state index in [2.05, 4.69) is 30.8 Å². The largest absolute Gasteiger partial charge is 0.325 e. The number of hydrogen-bond donors (Lipinski definition) is 1. The van der Waals surface area contributed by atoms with Gasteiger partial charge >= 0.3 is 0 Å². The lowest BCUT2D eigenvalue weighted by atomic mass is 9.93. The van der Waals surface area contributed by atoms with Gasteiger partial charge in [-0.2, -0.15) is 0 Å². The zero-order chi connectivity index (χ0) is 9.26. The van der Waals surface area contributed by atoms with E-state index in [1.807, 2.05) is 13.2 Å². The summed E-state index contributed by atoms with van der Waals surface area (Å²) in [5.74, 6) is 1.10. The molecule has 2 rings (SSSR count). The minimum absolute atomic E-state index is 0.732. The zero-order valence-corrected chi connectivity index (χ0v) is 9.34. The Kier molecular flexibility index (Phi) is 2.69. The highest BCUT2D eigenvalue weighted by Crippen LogP contribution is 2.18. The number of rotatable bonds is 3. The van der Waals surface area contributed by atoms with E-state index in [9.17, 15) is 0 Å². The van der Waals surface area contributed by atoms with Crippen molar-refractivity contribution in [2.45, 2.75) is 31.8 Å². The maximum absolute atomic E-state index is 4.30. The van der Waals surface area contributed by atoms with Crippen LogP contribution in [-0.4, -0.2) is 15.6 Å². The van der Waals surface area contributed by atoms with Crippen molar-refractivity contribution < 1.29 is 0 Å². The minimum atomic E-state index is 0.732. The fourth-order valence-electron chi connectivity index (χ4n) is 1.44. The number of hydrogen-bond acceptors (Lipinski definition) is 2. The first-order valence-corrected chi connectivity index (χ1v) is 5.46. The fourth-order valence-corrected chi connectivity index (χ4v) is 1.74. The van der Waals surface area contributed by atoms with Crippen LogP contribution in [0.15, 0.2) is 10.8 Å². The third-order valence-corrected chi connectivity index (χ3v) is 3.42. The standard InChI is InChI=1S/C9H14BrN3/c1-13-8(10)5-12-9(13)6-11-7-3-2-4-7/h5,7,11H,2-4,6H2,1H3. The van der Waals surface area contributed by atoms with Crippen molar-refractivity contribution in [3.8, 4) is 0 Å². The van der Waals surface area contributed by atoms with Crippen LogP contribution in [0.3, 0.4) is 0 Å². The van der Waals surface area contributed by atoms with E-state index in [0.717, 1.165) is 23.0 Å². The van der Waals surface area contributed by atoms with Crippen LogP contribution in [-0.2, 0) is 13.6 Å². The highest BCUT2D eigenvalue weighted by molar-refractivity contribution is 9.10. The Hall–Kier alpha value is -0.350. The lowest BCUT2D eigenvalue weighted by Crippen LogP contribution is -2.35. The molecule has 0 unspecified atom stereocenters. The molecule has 3 nitrogen and oxygen atoms in total. The van der Waals surface area contributed by atoms with Crippen LogP contribution in [0.2, 0.25) is 0 Å². The second-order valence-corrected chi connectivity index (χ2v) is 4.38. The van der Waals surface area contributed by atoms with Crippen LogP contribution >= 0.6 is 15.9 Å². The molecule has 0 atom stereocenters. The third-order valence-electron chi connectivity index (χ3n) is 2.68. The topological polar surface area (TPSA) is 29.9 Å². The van der Waals surface area contributed by atoms with Gasteiger partial charge in [0.25, 0.3) is 0 Å². The van der Waals surface area contributed by atoms with Gasteiger partial charge in [0, 0.05) is 13.1 Å². The molecule has 1 aromatic heterocycles. The minimum Gasteiger partial charge on any atom is -0.325 e. The molecular weight excluding hydrogens is 230 g/mol. The summed E-state index contributed by atoms with van der Waals surface area (Å²) in [6.07, 6.45) is 5.87. The van der Waals surface area contributed by atoms with Crippen molar-refractivity contribution in [2.24, 2.45) is 7.05 Å². The van der Waals surface area contributed by atoms with E-state index in [-0.39, 0.29) is 0 Å². The van der Waals surface area contributed by atoms with Gasteiger partial charge in [-0.05, 0) is 28.8 Å². The first-order chi connectivity index (χ1) is 6.27. The van der Waals surface area contributed by atoms with Crippen molar-refractivity contribution >= 4 is 15.9 Å². The molecule has 4 heteroatoms. The van der Waals surface area contributed by atoms with Gasteiger partial charge in [-0.15, -0.1) is 0 Å².